The number of nitrogens with zero attached hydrogens (tertiary/aromatic N) is 2. The van der Waals surface area contributed by atoms with Gasteiger partial charge in [-0.2, -0.15) is 0 Å². The maximum absolute atomic E-state index is 11.4. The summed E-state index contributed by atoms with van der Waals surface area (Å²) in [5.41, 5.74) is 1.80. The summed E-state index contributed by atoms with van der Waals surface area (Å²) in [5.74, 6) is 0.0465. The Morgan fingerprint density at radius 2 is 1.92 bits per heavy atom. The number of aromatic nitrogens is 3. The number of thioether (sulfide) groups is 1. The number of carboxylic acid groups (broad SMARTS) is 1. The first-order chi connectivity index (χ1) is 12.6. The standard InChI is InChI=1S/C19H17N3O3S/c1-13-20-19(22-21-13)26-17(18(23)24)11-14-7-9-16(10-8-14)25-12-15-5-3-2-4-6-15/h2-11H,12H2,1H3,(H,23,24)(H,20,21,22)/p-1/b17-11+. The number of aliphatic carboxylic acids is 1. The van der Waals surface area contributed by atoms with Crippen molar-refractivity contribution in [2.75, 3.05) is 0 Å². The van der Waals surface area contributed by atoms with Gasteiger partial charge in [0.2, 0.25) is 5.16 Å². The van der Waals surface area contributed by atoms with Crippen LogP contribution in [0.1, 0.15) is 17.0 Å². The SMILES string of the molecule is Cc1nc(S/C(=C/c2ccc(OCc3ccccc3)cc2)C(=O)[O-])n[nH]1. The van der Waals surface area contributed by atoms with Gasteiger partial charge in [-0.25, -0.2) is 4.98 Å². The van der Waals surface area contributed by atoms with Crippen molar-refractivity contribution in [1.29, 1.82) is 0 Å². The first-order valence-electron chi connectivity index (χ1n) is 7.87. The van der Waals surface area contributed by atoms with Crippen LogP contribution in [-0.4, -0.2) is 21.2 Å². The largest absolute Gasteiger partial charge is 0.544 e. The highest BCUT2D eigenvalue weighted by Gasteiger charge is 2.07. The number of carbonyl (C=O) groups excluding carboxylic acids is 1. The molecule has 3 aromatic rings. The van der Waals surface area contributed by atoms with Crippen molar-refractivity contribution in [3.63, 3.8) is 0 Å². The zero-order valence-corrected chi connectivity index (χ0v) is 14.8. The van der Waals surface area contributed by atoms with Crippen LogP contribution in [-0.2, 0) is 11.4 Å². The normalized spacial score (nSPS) is 11.3. The average Bonchev–Trinajstić information content (AvgIpc) is 3.06. The molecule has 0 spiro atoms. The number of hydrogen-bond acceptors (Lipinski definition) is 6. The Hall–Kier alpha value is -3.06. The van der Waals surface area contributed by atoms with Crippen LogP contribution in [0.2, 0.25) is 0 Å². The molecule has 0 bridgehead atoms. The Morgan fingerprint density at radius 3 is 2.54 bits per heavy atom. The van der Waals surface area contributed by atoms with Crippen LogP contribution in [0, 0.1) is 6.92 Å². The van der Waals surface area contributed by atoms with E-state index in [1.165, 1.54) is 6.08 Å². The van der Waals surface area contributed by atoms with Gasteiger partial charge >= 0.3 is 0 Å². The van der Waals surface area contributed by atoms with E-state index in [9.17, 15) is 9.90 Å². The molecule has 132 valence electrons. The summed E-state index contributed by atoms with van der Waals surface area (Å²) in [5, 5.41) is 18.3. The highest BCUT2D eigenvalue weighted by molar-refractivity contribution is 8.04. The minimum atomic E-state index is -1.28. The van der Waals surface area contributed by atoms with Gasteiger partial charge in [0.1, 0.15) is 18.2 Å². The fourth-order valence-corrected chi connectivity index (χ4v) is 2.90. The maximum Gasteiger partial charge on any atom is 0.213 e. The fraction of sp³-hybridized carbons (Fsp3) is 0.105. The minimum Gasteiger partial charge on any atom is -0.544 e. The molecule has 0 aliphatic heterocycles. The molecule has 0 amide bonds. The van der Waals surface area contributed by atoms with Gasteiger partial charge < -0.3 is 14.6 Å². The number of hydrogen-bond donors (Lipinski definition) is 1. The molecule has 26 heavy (non-hydrogen) atoms. The van der Waals surface area contributed by atoms with E-state index in [1.807, 2.05) is 30.3 Å². The van der Waals surface area contributed by atoms with Crippen LogP contribution in [0.25, 0.3) is 6.08 Å². The molecule has 2 aromatic carbocycles. The highest BCUT2D eigenvalue weighted by atomic mass is 32.2. The van der Waals surface area contributed by atoms with Crippen molar-refractivity contribution in [1.82, 2.24) is 15.2 Å². The predicted octanol–water partition coefficient (Wildman–Crippen LogP) is 2.58. The molecule has 0 saturated heterocycles. The molecule has 0 fully saturated rings. The molecule has 0 unspecified atom stereocenters. The number of aryl methyl sites for hydroxylation is 1. The van der Waals surface area contributed by atoms with E-state index in [4.69, 9.17) is 4.74 Å². The Morgan fingerprint density at radius 1 is 1.19 bits per heavy atom. The van der Waals surface area contributed by atoms with Gasteiger partial charge in [-0.3, -0.25) is 5.10 Å². The van der Waals surface area contributed by atoms with Crippen LogP contribution in [0.3, 0.4) is 0 Å². The number of rotatable bonds is 7. The average molecular weight is 366 g/mol. The van der Waals surface area contributed by atoms with Gasteiger partial charge in [-0.15, -0.1) is 5.10 Å². The summed E-state index contributed by atoms with van der Waals surface area (Å²) >= 11 is 0.939. The van der Waals surface area contributed by atoms with E-state index >= 15 is 0 Å². The van der Waals surface area contributed by atoms with Crippen LogP contribution in [0.4, 0.5) is 0 Å². The molecular formula is C19H16N3O3S-. The molecule has 1 aromatic heterocycles. The summed E-state index contributed by atoms with van der Waals surface area (Å²) < 4.78 is 5.72. The molecule has 1 heterocycles. The molecule has 0 saturated carbocycles. The quantitative estimate of drug-likeness (QED) is 0.510. The topological polar surface area (TPSA) is 90.9 Å². The molecule has 0 radical (unpaired) electrons. The first-order valence-corrected chi connectivity index (χ1v) is 8.68. The van der Waals surface area contributed by atoms with Crippen LogP contribution in [0.15, 0.2) is 64.7 Å². The van der Waals surface area contributed by atoms with E-state index in [2.05, 4.69) is 15.2 Å². The van der Waals surface area contributed by atoms with Crippen molar-refractivity contribution >= 4 is 23.8 Å². The summed E-state index contributed by atoms with van der Waals surface area (Å²) in [6, 6.07) is 17.0. The summed E-state index contributed by atoms with van der Waals surface area (Å²) in [7, 11) is 0. The second kappa shape index (κ2) is 8.35. The predicted molar refractivity (Wildman–Crippen MR) is 97.2 cm³/mol. The number of aromatic amines is 1. The second-order valence-electron chi connectivity index (χ2n) is 5.44. The third-order valence-corrected chi connectivity index (χ3v) is 4.27. The molecular weight excluding hydrogens is 350 g/mol. The zero-order valence-electron chi connectivity index (χ0n) is 14.0. The molecule has 0 aliphatic carbocycles. The maximum atomic E-state index is 11.4. The third kappa shape index (κ3) is 4.97. The summed E-state index contributed by atoms with van der Waals surface area (Å²) in [6.45, 7) is 2.22. The van der Waals surface area contributed by atoms with Crippen LogP contribution >= 0.6 is 11.8 Å². The molecule has 7 heteroatoms. The van der Waals surface area contributed by atoms with Gasteiger partial charge in [0.05, 0.1) is 5.97 Å². The molecule has 0 atom stereocenters. The smallest absolute Gasteiger partial charge is 0.213 e. The number of H-pyrrole nitrogens is 1. The highest BCUT2D eigenvalue weighted by Crippen LogP contribution is 2.25. The number of carbonyl (C=O) groups is 1. The van der Waals surface area contributed by atoms with Crippen molar-refractivity contribution in [2.45, 2.75) is 18.7 Å². The van der Waals surface area contributed by atoms with E-state index in [0.717, 1.165) is 22.9 Å². The molecule has 3 rings (SSSR count). The number of carboxylic acids is 1. The Bertz CT molecular complexity index is 905. The number of ether oxygens (including phenoxy) is 1. The van der Waals surface area contributed by atoms with Crippen LogP contribution < -0.4 is 9.84 Å². The van der Waals surface area contributed by atoms with Crippen molar-refractivity contribution in [2.24, 2.45) is 0 Å². The summed E-state index contributed by atoms with van der Waals surface area (Å²) in [6.07, 6.45) is 1.52. The zero-order chi connectivity index (χ0) is 18.4. The van der Waals surface area contributed by atoms with Crippen molar-refractivity contribution in [3.8, 4) is 5.75 Å². The number of benzene rings is 2. The number of nitrogens with one attached hydrogen (secondary N) is 1. The van der Waals surface area contributed by atoms with Gasteiger partial charge in [0.15, 0.2) is 0 Å². The van der Waals surface area contributed by atoms with Gasteiger partial charge in [0.25, 0.3) is 0 Å². The Labute approximate surface area is 154 Å². The van der Waals surface area contributed by atoms with Crippen LogP contribution in [0.5, 0.6) is 5.75 Å². The third-order valence-electron chi connectivity index (χ3n) is 3.41. The van der Waals surface area contributed by atoms with E-state index in [0.29, 0.717) is 23.3 Å². The Kier molecular flexibility index (Phi) is 5.70. The van der Waals surface area contributed by atoms with E-state index < -0.39 is 5.97 Å². The molecule has 6 nitrogen and oxygen atoms in total. The second-order valence-corrected chi connectivity index (χ2v) is 6.45. The van der Waals surface area contributed by atoms with Crippen molar-refractivity contribution < 1.29 is 14.6 Å². The van der Waals surface area contributed by atoms with E-state index in [-0.39, 0.29) is 4.91 Å². The monoisotopic (exact) mass is 366 g/mol. The Balaban J connectivity index is 1.67. The molecule has 1 N–H and O–H groups in total. The van der Waals surface area contributed by atoms with Gasteiger partial charge in [-0.1, -0.05) is 42.5 Å². The first kappa shape index (κ1) is 17.8. The van der Waals surface area contributed by atoms with Gasteiger partial charge in [0, 0.05) is 4.91 Å². The molecule has 0 aliphatic rings. The lowest BCUT2D eigenvalue weighted by atomic mass is 10.2. The summed E-state index contributed by atoms with van der Waals surface area (Å²) in [4.78, 5) is 15.5. The van der Waals surface area contributed by atoms with Crippen molar-refractivity contribution in [3.05, 3.63) is 76.5 Å². The van der Waals surface area contributed by atoms with E-state index in [1.54, 1.807) is 31.2 Å². The lowest BCUT2D eigenvalue weighted by Gasteiger charge is -2.08. The lowest BCUT2D eigenvalue weighted by molar-refractivity contribution is -0.297. The van der Waals surface area contributed by atoms with Gasteiger partial charge in [-0.05, 0) is 48.0 Å². The lowest BCUT2D eigenvalue weighted by Crippen LogP contribution is -2.23. The fourth-order valence-electron chi connectivity index (χ4n) is 2.15. The minimum absolute atomic E-state index is 0.0296.